The van der Waals surface area contributed by atoms with Crippen LogP contribution in [0.25, 0.3) is 21.7 Å². The van der Waals surface area contributed by atoms with Gasteiger partial charge in [0.1, 0.15) is 5.82 Å². The Bertz CT molecular complexity index is 1250. The summed E-state index contributed by atoms with van der Waals surface area (Å²) in [5, 5.41) is 6.59. The van der Waals surface area contributed by atoms with Crippen LogP contribution in [0.5, 0.6) is 0 Å². The van der Waals surface area contributed by atoms with Crippen LogP contribution < -0.4 is 5.32 Å². The van der Waals surface area contributed by atoms with Crippen LogP contribution in [0, 0.1) is 18.2 Å². The highest BCUT2D eigenvalue weighted by molar-refractivity contribution is 6.07. The topological polar surface area (TPSA) is 44.9 Å². The van der Waals surface area contributed by atoms with Gasteiger partial charge in [-0.1, -0.05) is 36.4 Å². The molecule has 4 rings (SSSR count). The summed E-state index contributed by atoms with van der Waals surface area (Å²) in [5.41, 5.74) is 4.17. The molecule has 1 aromatic heterocycles. The van der Waals surface area contributed by atoms with Gasteiger partial charge in [0.2, 0.25) is 0 Å². The van der Waals surface area contributed by atoms with Gasteiger partial charge in [0, 0.05) is 35.0 Å². The number of aromatic nitrogens is 1. The van der Waals surface area contributed by atoms with Crippen molar-refractivity contribution in [3.05, 3.63) is 83.3 Å². The number of H-pyrrole nitrogens is 1. The molecule has 0 saturated heterocycles. The Morgan fingerprint density at radius 3 is 2.58 bits per heavy atom. The van der Waals surface area contributed by atoms with E-state index in [2.05, 4.69) is 52.6 Å². The molecule has 0 radical (unpaired) electrons. The van der Waals surface area contributed by atoms with E-state index in [9.17, 15) is 9.18 Å². The fourth-order valence-corrected chi connectivity index (χ4v) is 4.07. The molecule has 0 saturated carbocycles. The fraction of sp³-hybridized carbons (Fsp3) is 0.222. The standard InChI is InChI=1S/C27H25FN2O/c1-2-3-9-23-24-17-14-19-8-4-5-10-22(19)26(24)30-25(23)11-6-7-18-29-27(31)20-12-15-21(28)16-13-20/h1,4-5,8,10,12-17,30H,3,6-7,9,11,18H2,(H,29,31). The summed E-state index contributed by atoms with van der Waals surface area (Å²) in [7, 11) is 0. The number of unbranched alkanes of at least 4 members (excludes halogenated alkanes) is 1. The van der Waals surface area contributed by atoms with Crippen molar-refractivity contribution >= 4 is 27.6 Å². The van der Waals surface area contributed by atoms with Crippen molar-refractivity contribution in [3.8, 4) is 12.3 Å². The minimum absolute atomic E-state index is 0.174. The van der Waals surface area contributed by atoms with Gasteiger partial charge in [-0.2, -0.15) is 0 Å². The molecule has 31 heavy (non-hydrogen) atoms. The molecule has 0 aliphatic carbocycles. The minimum Gasteiger partial charge on any atom is -0.358 e. The van der Waals surface area contributed by atoms with Crippen molar-refractivity contribution < 1.29 is 9.18 Å². The van der Waals surface area contributed by atoms with Crippen LogP contribution in [0.2, 0.25) is 0 Å². The Morgan fingerprint density at radius 2 is 1.77 bits per heavy atom. The van der Waals surface area contributed by atoms with E-state index in [1.54, 1.807) is 0 Å². The first-order chi connectivity index (χ1) is 15.2. The zero-order valence-electron chi connectivity index (χ0n) is 17.4. The van der Waals surface area contributed by atoms with Crippen LogP contribution in [0.1, 0.15) is 40.9 Å². The second kappa shape index (κ2) is 9.49. The van der Waals surface area contributed by atoms with Gasteiger partial charge in [0.15, 0.2) is 0 Å². The SMILES string of the molecule is C#CCCc1c(CCCCNC(=O)c2ccc(F)cc2)[nH]c2c1ccc1ccccc12. The van der Waals surface area contributed by atoms with Crippen LogP contribution >= 0.6 is 0 Å². The highest BCUT2D eigenvalue weighted by atomic mass is 19.1. The predicted octanol–water partition coefficient (Wildman–Crippen LogP) is 5.78. The Hall–Kier alpha value is -3.58. The highest BCUT2D eigenvalue weighted by Crippen LogP contribution is 2.31. The summed E-state index contributed by atoms with van der Waals surface area (Å²) in [6, 6.07) is 18.3. The van der Waals surface area contributed by atoms with Crippen LogP contribution in [0.3, 0.4) is 0 Å². The predicted molar refractivity (Wildman–Crippen MR) is 125 cm³/mol. The van der Waals surface area contributed by atoms with Gasteiger partial charge < -0.3 is 10.3 Å². The van der Waals surface area contributed by atoms with Crippen molar-refractivity contribution in [1.29, 1.82) is 0 Å². The smallest absolute Gasteiger partial charge is 0.251 e. The third kappa shape index (κ3) is 4.62. The van der Waals surface area contributed by atoms with E-state index in [0.29, 0.717) is 18.5 Å². The van der Waals surface area contributed by atoms with E-state index in [1.807, 2.05) is 0 Å². The maximum atomic E-state index is 13.0. The van der Waals surface area contributed by atoms with Gasteiger partial charge in [-0.15, -0.1) is 12.3 Å². The van der Waals surface area contributed by atoms with E-state index in [4.69, 9.17) is 6.42 Å². The van der Waals surface area contributed by atoms with E-state index in [-0.39, 0.29) is 11.7 Å². The average molecular weight is 413 g/mol. The number of fused-ring (bicyclic) bond motifs is 3. The number of aromatic amines is 1. The van der Waals surface area contributed by atoms with E-state index in [0.717, 1.165) is 25.7 Å². The van der Waals surface area contributed by atoms with Crippen LogP contribution in [0.15, 0.2) is 60.7 Å². The molecule has 1 amide bonds. The number of benzene rings is 3. The molecule has 4 heteroatoms. The van der Waals surface area contributed by atoms with Gasteiger partial charge >= 0.3 is 0 Å². The lowest BCUT2D eigenvalue weighted by Crippen LogP contribution is -2.24. The minimum atomic E-state index is -0.344. The molecule has 3 nitrogen and oxygen atoms in total. The van der Waals surface area contributed by atoms with Crippen molar-refractivity contribution in [1.82, 2.24) is 10.3 Å². The van der Waals surface area contributed by atoms with Crippen molar-refractivity contribution in [3.63, 3.8) is 0 Å². The summed E-state index contributed by atoms with van der Waals surface area (Å²) < 4.78 is 13.0. The van der Waals surface area contributed by atoms with Crippen LogP contribution in [-0.2, 0) is 12.8 Å². The zero-order chi connectivity index (χ0) is 21.6. The molecule has 2 N–H and O–H groups in total. The lowest BCUT2D eigenvalue weighted by atomic mass is 10.0. The number of amides is 1. The molecular weight excluding hydrogens is 387 g/mol. The van der Waals surface area contributed by atoms with Crippen molar-refractivity contribution in [2.45, 2.75) is 32.1 Å². The van der Waals surface area contributed by atoms with Crippen molar-refractivity contribution in [2.24, 2.45) is 0 Å². The molecule has 4 aromatic rings. The van der Waals surface area contributed by atoms with Crippen LogP contribution in [0.4, 0.5) is 4.39 Å². The largest absolute Gasteiger partial charge is 0.358 e. The van der Waals surface area contributed by atoms with Crippen molar-refractivity contribution in [2.75, 3.05) is 6.54 Å². The number of aryl methyl sites for hydroxylation is 2. The first-order valence-corrected chi connectivity index (χ1v) is 10.7. The normalized spacial score (nSPS) is 11.0. The number of carbonyl (C=O) groups is 1. The molecule has 0 unspecified atom stereocenters. The molecule has 156 valence electrons. The molecule has 0 spiro atoms. The second-order valence-electron chi connectivity index (χ2n) is 7.72. The molecule has 0 atom stereocenters. The van der Waals surface area contributed by atoms with Gasteiger partial charge in [-0.25, -0.2) is 4.39 Å². The molecule has 0 aliphatic rings. The van der Waals surface area contributed by atoms with E-state index >= 15 is 0 Å². The Morgan fingerprint density at radius 1 is 0.968 bits per heavy atom. The molecule has 1 heterocycles. The maximum absolute atomic E-state index is 13.0. The number of terminal acetylenes is 1. The number of hydrogen-bond donors (Lipinski definition) is 2. The van der Waals surface area contributed by atoms with Gasteiger partial charge in [0.25, 0.3) is 5.91 Å². The molecule has 3 aromatic carbocycles. The molecule has 0 bridgehead atoms. The monoisotopic (exact) mass is 412 g/mol. The first-order valence-electron chi connectivity index (χ1n) is 10.7. The summed E-state index contributed by atoms with van der Waals surface area (Å²) in [6.07, 6.45) is 9.79. The number of hydrogen-bond acceptors (Lipinski definition) is 1. The van der Waals surface area contributed by atoms with Crippen LogP contribution in [-0.4, -0.2) is 17.4 Å². The first kappa shape index (κ1) is 20.7. The molecule has 0 fully saturated rings. The number of rotatable bonds is 8. The molecule has 0 aliphatic heterocycles. The highest BCUT2D eigenvalue weighted by Gasteiger charge is 2.13. The summed E-state index contributed by atoms with van der Waals surface area (Å²) >= 11 is 0. The number of nitrogens with one attached hydrogen (secondary N) is 2. The quantitative estimate of drug-likeness (QED) is 0.280. The third-order valence-corrected chi connectivity index (χ3v) is 5.66. The maximum Gasteiger partial charge on any atom is 0.251 e. The Kier molecular flexibility index (Phi) is 6.33. The lowest BCUT2D eigenvalue weighted by molar-refractivity contribution is 0.0953. The number of halogens is 1. The number of carbonyl (C=O) groups excluding carboxylic acids is 1. The summed E-state index contributed by atoms with van der Waals surface area (Å²) in [5.74, 6) is 2.24. The van der Waals surface area contributed by atoms with E-state index in [1.165, 1.54) is 57.2 Å². The Balaban J connectivity index is 1.42. The summed E-state index contributed by atoms with van der Waals surface area (Å²) in [4.78, 5) is 15.8. The third-order valence-electron chi connectivity index (χ3n) is 5.66. The van der Waals surface area contributed by atoms with Gasteiger partial charge in [0.05, 0.1) is 5.52 Å². The molecular formula is C27H25FN2O. The summed E-state index contributed by atoms with van der Waals surface area (Å²) in [6.45, 7) is 0.582. The lowest BCUT2D eigenvalue weighted by Gasteiger charge is -2.06. The zero-order valence-corrected chi connectivity index (χ0v) is 17.4. The van der Waals surface area contributed by atoms with E-state index < -0.39 is 0 Å². The van der Waals surface area contributed by atoms with Gasteiger partial charge in [-0.3, -0.25) is 4.79 Å². The average Bonchev–Trinajstić information content (AvgIpc) is 3.15. The fourth-order valence-electron chi connectivity index (χ4n) is 4.07. The van der Waals surface area contributed by atoms with Gasteiger partial charge in [-0.05, 0) is 60.9 Å². The second-order valence-corrected chi connectivity index (χ2v) is 7.72. The Labute approximate surface area is 181 Å².